The van der Waals surface area contributed by atoms with Gasteiger partial charge in [0.15, 0.2) is 6.73 Å². The Bertz CT molecular complexity index is 2400. The second-order valence-electron chi connectivity index (χ2n) is 16.2. The Kier molecular flexibility index (Phi) is 16.3. The predicted molar refractivity (Wildman–Crippen MR) is 243 cm³/mol. The number of carbonyl (C=O) groups excluding carboxylic acids is 5. The van der Waals surface area contributed by atoms with Crippen LogP contribution in [0.15, 0.2) is 45.8 Å². The molecule has 1 aromatic carbocycles. The van der Waals surface area contributed by atoms with Gasteiger partial charge in [0.2, 0.25) is 11.3 Å². The Morgan fingerprint density at radius 3 is 2.48 bits per heavy atom. The molecule has 1 aliphatic carbocycles. The highest BCUT2D eigenvalue weighted by Gasteiger charge is 2.67. The molecule has 2 aromatic heterocycles. The van der Waals surface area contributed by atoms with Gasteiger partial charge in [-0.2, -0.15) is 0 Å². The Morgan fingerprint density at radius 2 is 1.83 bits per heavy atom. The number of ether oxygens (including phenoxy) is 3. The van der Waals surface area contributed by atoms with Crippen LogP contribution in [0.25, 0.3) is 10.9 Å². The maximum absolute atomic E-state index is 15.8. The van der Waals surface area contributed by atoms with Gasteiger partial charge in [-0.15, -0.1) is 28.1 Å². The summed E-state index contributed by atoms with van der Waals surface area (Å²) in [7, 11) is 2.54. The summed E-state index contributed by atoms with van der Waals surface area (Å²) >= 11 is 9.51. The smallest absolute Gasteiger partial charge is 0.404 e. The summed E-state index contributed by atoms with van der Waals surface area (Å²) in [5, 5.41) is 9.51. The van der Waals surface area contributed by atoms with Gasteiger partial charge in [-0.25, -0.2) is 23.9 Å². The van der Waals surface area contributed by atoms with Crippen molar-refractivity contribution in [2.45, 2.75) is 81.9 Å². The molecule has 358 valence electrons. The molecule has 4 aliphatic rings. The molecule has 0 unspecified atom stereocenters. The number of β-lactam (4-membered cyclic amide) rings is 1. The number of anilines is 1. The fourth-order valence-electron chi connectivity index (χ4n) is 8.41. The fraction of sp³-hybridized carbons (Fsp3) is 0.535. The maximum Gasteiger partial charge on any atom is 0.404 e. The van der Waals surface area contributed by atoms with E-state index in [0.717, 1.165) is 53.5 Å². The normalized spacial score (nSPS) is 19.7. The highest BCUT2D eigenvalue weighted by atomic mass is 35.5. The summed E-state index contributed by atoms with van der Waals surface area (Å²) in [4.78, 5) is 94.2. The summed E-state index contributed by atoms with van der Waals surface area (Å²) in [5.74, 6) is -3.32. The van der Waals surface area contributed by atoms with E-state index in [1.165, 1.54) is 49.6 Å². The lowest BCUT2D eigenvalue weighted by atomic mass is 9.98. The summed E-state index contributed by atoms with van der Waals surface area (Å²) in [6.45, 7) is 3.01. The van der Waals surface area contributed by atoms with Gasteiger partial charge < -0.3 is 40.0 Å². The third-order valence-corrected chi connectivity index (χ3v) is 14.3. The number of halogens is 2. The van der Waals surface area contributed by atoms with Crippen LogP contribution in [0.4, 0.5) is 14.9 Å². The zero-order chi connectivity index (χ0) is 47.1. The molecule has 23 heteroatoms. The number of hydrazine groups is 1. The van der Waals surface area contributed by atoms with Crippen LogP contribution in [-0.2, 0) is 44.9 Å². The van der Waals surface area contributed by atoms with Crippen molar-refractivity contribution in [3.8, 4) is 0 Å². The maximum atomic E-state index is 15.8. The molecule has 0 radical (unpaired) electrons. The zero-order valence-electron chi connectivity index (χ0n) is 36.9. The summed E-state index contributed by atoms with van der Waals surface area (Å²) in [5.41, 5.74) is 3.42. The molecule has 4 amide bonds. The number of hydrogen-bond donors (Lipinski definition) is 3. The van der Waals surface area contributed by atoms with Crippen LogP contribution < -0.4 is 26.7 Å². The highest BCUT2D eigenvalue weighted by Crippen LogP contribution is 2.47. The van der Waals surface area contributed by atoms with Crippen LogP contribution in [0.2, 0.25) is 5.02 Å². The van der Waals surface area contributed by atoms with Crippen molar-refractivity contribution in [2.75, 3.05) is 70.9 Å². The van der Waals surface area contributed by atoms with E-state index in [2.05, 4.69) is 10.6 Å². The number of esters is 1. The number of nitrogens with one attached hydrogen (secondary N) is 2. The Labute approximate surface area is 393 Å². The SMILES string of the molecule is CCCN(CCCNC(=O)c1cn(C2CC2)c2c(Cl)c(N3CCCCCC3)c(F)cc2c1=O)N(COC(=O)C1=C(COC(N)=O)CS[C@H]2N1C(=O)[C@]2(NC(=O)Cc1cccs1)OC)OOC. The van der Waals surface area contributed by atoms with Crippen LogP contribution >= 0.6 is 34.7 Å². The number of nitrogens with two attached hydrogens (primary N) is 1. The molecule has 2 atom stereocenters. The molecule has 3 aromatic rings. The van der Waals surface area contributed by atoms with Crippen LogP contribution in [0.3, 0.4) is 0 Å². The molecule has 3 fully saturated rings. The molecule has 19 nitrogen and oxygen atoms in total. The lowest BCUT2D eigenvalue weighted by molar-refractivity contribution is -0.480. The van der Waals surface area contributed by atoms with Gasteiger partial charge in [0, 0.05) is 68.3 Å². The number of carbonyl (C=O) groups is 5. The highest BCUT2D eigenvalue weighted by molar-refractivity contribution is 8.00. The number of benzene rings is 1. The Morgan fingerprint density at radius 1 is 1.08 bits per heavy atom. The van der Waals surface area contributed by atoms with Gasteiger partial charge in [0.1, 0.15) is 29.1 Å². The summed E-state index contributed by atoms with van der Waals surface area (Å²) in [6.07, 6.45) is 6.98. The van der Waals surface area contributed by atoms with Gasteiger partial charge in [-0.3, -0.25) is 24.1 Å². The number of fused-ring (bicyclic) bond motifs is 2. The lowest BCUT2D eigenvalue weighted by Crippen LogP contribution is -2.80. The first-order valence-electron chi connectivity index (χ1n) is 21.8. The van der Waals surface area contributed by atoms with Gasteiger partial charge >= 0.3 is 12.1 Å². The van der Waals surface area contributed by atoms with Crippen molar-refractivity contribution in [1.82, 2.24) is 30.3 Å². The van der Waals surface area contributed by atoms with Crippen molar-refractivity contribution >= 4 is 81.1 Å². The van der Waals surface area contributed by atoms with E-state index < -0.39 is 65.5 Å². The molecule has 1 saturated carbocycles. The molecule has 4 N–H and O–H groups in total. The second kappa shape index (κ2) is 21.9. The number of thiophene rings is 1. The first kappa shape index (κ1) is 49.1. The van der Waals surface area contributed by atoms with E-state index >= 15 is 4.39 Å². The van der Waals surface area contributed by atoms with Crippen LogP contribution in [0.5, 0.6) is 0 Å². The van der Waals surface area contributed by atoms with Crippen LogP contribution in [-0.4, -0.2) is 127 Å². The van der Waals surface area contributed by atoms with Gasteiger partial charge in [-0.05, 0) is 61.2 Å². The number of aromatic nitrogens is 1. The molecule has 66 heavy (non-hydrogen) atoms. The topological polar surface area (TPSA) is 217 Å². The number of methoxy groups -OCH3 is 1. The van der Waals surface area contributed by atoms with Gasteiger partial charge in [-0.1, -0.05) is 37.4 Å². The number of thioether (sulfide) groups is 1. The third kappa shape index (κ3) is 10.5. The van der Waals surface area contributed by atoms with E-state index in [0.29, 0.717) is 43.7 Å². The first-order chi connectivity index (χ1) is 31.8. The van der Waals surface area contributed by atoms with Crippen molar-refractivity contribution < 1.29 is 52.4 Å². The molecule has 5 heterocycles. The number of primary amides is 1. The molecular formula is C43H54ClFN8O11S2. The number of pyridine rings is 1. The van der Waals surface area contributed by atoms with E-state index in [4.69, 9.17) is 41.4 Å². The van der Waals surface area contributed by atoms with E-state index in [-0.39, 0.29) is 58.5 Å². The largest absolute Gasteiger partial charge is 0.445 e. The average Bonchev–Trinajstić information content (AvgIpc) is 4.08. The minimum Gasteiger partial charge on any atom is -0.445 e. The van der Waals surface area contributed by atoms with Gasteiger partial charge in [0.25, 0.3) is 17.5 Å². The lowest BCUT2D eigenvalue weighted by Gasteiger charge is -2.55. The minimum absolute atomic E-state index is 0.00946. The van der Waals surface area contributed by atoms with E-state index in [1.54, 1.807) is 17.1 Å². The number of hydroxylamine groups is 1. The predicted octanol–water partition coefficient (Wildman–Crippen LogP) is 4.58. The number of nitrogens with zero attached hydrogens (tertiary/aromatic N) is 5. The molecular weight excluding hydrogens is 923 g/mol. The summed E-state index contributed by atoms with van der Waals surface area (Å²) in [6, 6.07) is 4.82. The van der Waals surface area contributed by atoms with E-state index in [9.17, 15) is 28.8 Å². The van der Waals surface area contributed by atoms with Crippen molar-refractivity contribution in [1.29, 1.82) is 0 Å². The molecule has 3 aliphatic heterocycles. The van der Waals surface area contributed by atoms with Gasteiger partial charge in [0.05, 0.1) is 35.1 Å². The second-order valence-corrected chi connectivity index (χ2v) is 18.7. The summed E-state index contributed by atoms with van der Waals surface area (Å²) < 4.78 is 34.0. The first-order valence-corrected chi connectivity index (χ1v) is 24.1. The minimum atomic E-state index is -1.79. The quantitative estimate of drug-likeness (QED) is 0.0333. The van der Waals surface area contributed by atoms with Crippen molar-refractivity contribution in [2.24, 2.45) is 5.73 Å². The van der Waals surface area contributed by atoms with Crippen molar-refractivity contribution in [3.05, 3.63) is 72.5 Å². The monoisotopic (exact) mass is 976 g/mol. The van der Waals surface area contributed by atoms with Crippen LogP contribution in [0.1, 0.15) is 79.6 Å². The Hall–Kier alpha value is -4.81. The zero-order valence-corrected chi connectivity index (χ0v) is 39.3. The van der Waals surface area contributed by atoms with Crippen molar-refractivity contribution in [3.63, 3.8) is 0 Å². The molecule has 0 spiro atoms. The molecule has 2 saturated heterocycles. The molecule has 7 rings (SSSR count). The Balaban J connectivity index is 1.01. The third-order valence-electron chi connectivity index (χ3n) is 11.7. The number of hydrogen-bond acceptors (Lipinski definition) is 16. The standard InChI is InChI=1S/C43H54ClFN8O11S2/c1-4-15-50(18-10-14-47-38(56)30-22-51(27-12-13-27)35-29(37(30)55)21-31(45)36(33(35)44)49-16-7-5-6-8-17-49)52(64-61-3)25-63-39(57)34-26(23-62-42(46)59)24-66-41-43(60-2,40(58)53(34)41)48-32(54)20-28-11-9-19-65-28/h9,11,19,21-22,27,41H,4-8,10,12-18,20,23-25H2,1-3H3,(H2,46,59)(H,47,56)(H,48,54)/t41-,43+/m1/s1. The van der Waals surface area contributed by atoms with Crippen LogP contribution in [0, 0.1) is 5.82 Å². The average molecular weight is 978 g/mol. The number of rotatable bonds is 21. The fourth-order valence-corrected chi connectivity index (χ4v) is 10.9. The van der Waals surface area contributed by atoms with E-state index in [1.807, 2.05) is 21.8 Å². The molecule has 0 bridgehead atoms. The number of amides is 4.